The van der Waals surface area contributed by atoms with Gasteiger partial charge in [0.05, 0.1) is 12.5 Å². The molecular formula is C15H16N2O3. The molecule has 3 rings (SSSR count). The van der Waals surface area contributed by atoms with Gasteiger partial charge in [-0.25, -0.2) is 0 Å². The molecule has 0 spiro atoms. The second-order valence-corrected chi connectivity index (χ2v) is 4.81. The lowest BCUT2D eigenvalue weighted by molar-refractivity contribution is -0.130. The molecule has 1 atom stereocenters. The highest BCUT2D eigenvalue weighted by molar-refractivity contribution is 5.81. The molecule has 5 heteroatoms. The van der Waals surface area contributed by atoms with Gasteiger partial charge < -0.3 is 14.5 Å². The maximum atomic E-state index is 11.9. The van der Waals surface area contributed by atoms with Gasteiger partial charge in [0.1, 0.15) is 6.10 Å². The van der Waals surface area contributed by atoms with Crippen molar-refractivity contribution in [2.24, 2.45) is 0 Å². The highest BCUT2D eigenvalue weighted by Gasteiger charge is 2.22. The third kappa shape index (κ3) is 2.88. The number of carbonyl (C=O) groups is 1. The van der Waals surface area contributed by atoms with Crippen LogP contribution >= 0.6 is 0 Å². The summed E-state index contributed by atoms with van der Waals surface area (Å²) in [6.45, 7) is 1.13. The molecule has 3 heterocycles. The van der Waals surface area contributed by atoms with E-state index in [2.05, 4.69) is 10.3 Å². The lowest BCUT2D eigenvalue weighted by Crippen LogP contribution is -2.33. The summed E-state index contributed by atoms with van der Waals surface area (Å²) in [5.74, 6) is -0.0452. The molecule has 0 radical (unpaired) electrons. The summed E-state index contributed by atoms with van der Waals surface area (Å²) < 4.78 is 10.4. The van der Waals surface area contributed by atoms with Crippen molar-refractivity contribution in [3.8, 4) is 11.1 Å². The summed E-state index contributed by atoms with van der Waals surface area (Å²) in [5, 5.41) is 2.89. The monoisotopic (exact) mass is 272 g/mol. The summed E-state index contributed by atoms with van der Waals surface area (Å²) in [6.07, 6.45) is 8.29. The van der Waals surface area contributed by atoms with Gasteiger partial charge in [-0.3, -0.25) is 9.78 Å². The Hall–Kier alpha value is -2.14. The van der Waals surface area contributed by atoms with Crippen LogP contribution in [0.25, 0.3) is 11.1 Å². The zero-order chi connectivity index (χ0) is 13.8. The fourth-order valence-corrected chi connectivity index (χ4v) is 2.26. The van der Waals surface area contributed by atoms with Crippen LogP contribution in [0.4, 0.5) is 0 Å². The Balaban J connectivity index is 1.63. The first-order valence-electron chi connectivity index (χ1n) is 6.69. The number of pyridine rings is 1. The Bertz CT molecular complexity index is 575. The smallest absolute Gasteiger partial charge is 0.249 e. The molecule has 1 N–H and O–H groups in total. The molecule has 0 aromatic carbocycles. The fourth-order valence-electron chi connectivity index (χ4n) is 2.26. The van der Waals surface area contributed by atoms with Crippen molar-refractivity contribution < 1.29 is 13.9 Å². The van der Waals surface area contributed by atoms with Crippen molar-refractivity contribution in [2.45, 2.75) is 25.5 Å². The van der Waals surface area contributed by atoms with E-state index in [-0.39, 0.29) is 12.0 Å². The number of nitrogens with one attached hydrogen (secondary N) is 1. The minimum absolute atomic E-state index is 0.0452. The first-order valence-corrected chi connectivity index (χ1v) is 6.69. The summed E-state index contributed by atoms with van der Waals surface area (Å²) in [6, 6.07) is 3.87. The van der Waals surface area contributed by atoms with E-state index < -0.39 is 0 Å². The van der Waals surface area contributed by atoms with E-state index in [1.54, 1.807) is 24.9 Å². The molecule has 5 nitrogen and oxygen atoms in total. The minimum atomic E-state index is -0.292. The van der Waals surface area contributed by atoms with Gasteiger partial charge in [-0.1, -0.05) is 0 Å². The van der Waals surface area contributed by atoms with Crippen molar-refractivity contribution in [1.82, 2.24) is 10.3 Å². The van der Waals surface area contributed by atoms with E-state index >= 15 is 0 Å². The van der Waals surface area contributed by atoms with Gasteiger partial charge in [-0.05, 0) is 30.5 Å². The van der Waals surface area contributed by atoms with Crippen LogP contribution in [-0.4, -0.2) is 23.6 Å². The van der Waals surface area contributed by atoms with Crippen LogP contribution in [0.1, 0.15) is 18.4 Å². The first kappa shape index (κ1) is 12.9. The number of rotatable bonds is 4. The van der Waals surface area contributed by atoms with Crippen molar-refractivity contribution in [1.29, 1.82) is 0 Å². The van der Waals surface area contributed by atoms with Crippen molar-refractivity contribution in [3.05, 3.63) is 42.6 Å². The van der Waals surface area contributed by atoms with Gasteiger partial charge in [-0.15, -0.1) is 0 Å². The number of amides is 1. The normalized spacial score (nSPS) is 18.1. The van der Waals surface area contributed by atoms with Gasteiger partial charge >= 0.3 is 0 Å². The molecule has 0 aliphatic carbocycles. The molecule has 1 amide bonds. The van der Waals surface area contributed by atoms with Gasteiger partial charge in [0.15, 0.2) is 0 Å². The molecule has 104 valence electrons. The number of nitrogens with zero attached hydrogens (tertiary/aromatic N) is 1. The Labute approximate surface area is 117 Å². The van der Waals surface area contributed by atoms with Gasteiger partial charge in [0.2, 0.25) is 5.91 Å². The molecule has 1 aliphatic heterocycles. The fraction of sp³-hybridized carbons (Fsp3) is 0.333. The predicted octanol–water partition coefficient (Wildman–Crippen LogP) is 2.14. The Morgan fingerprint density at radius 1 is 1.40 bits per heavy atom. The first-order chi connectivity index (χ1) is 9.83. The lowest BCUT2D eigenvalue weighted by atomic mass is 10.1. The molecule has 0 bridgehead atoms. The quantitative estimate of drug-likeness (QED) is 0.926. The summed E-state index contributed by atoms with van der Waals surface area (Å²) >= 11 is 0. The highest BCUT2D eigenvalue weighted by Crippen LogP contribution is 2.19. The lowest BCUT2D eigenvalue weighted by Gasteiger charge is -2.10. The highest BCUT2D eigenvalue weighted by atomic mass is 16.5. The largest absolute Gasteiger partial charge is 0.472 e. The third-order valence-corrected chi connectivity index (χ3v) is 3.34. The number of ether oxygens (including phenoxy) is 1. The Kier molecular flexibility index (Phi) is 3.78. The standard InChI is InChI=1S/C15H16N2O3/c18-15(14-2-1-4-20-14)17-8-11-6-13(9-16-7-11)12-3-5-19-10-12/h3,5-7,9-10,14H,1-2,4,8H2,(H,17,18)/t14-/m1/s1. The molecular weight excluding hydrogens is 256 g/mol. The van der Waals surface area contributed by atoms with E-state index in [0.717, 1.165) is 29.5 Å². The van der Waals surface area contributed by atoms with E-state index in [1.807, 2.05) is 12.1 Å². The molecule has 1 saturated heterocycles. The summed E-state index contributed by atoms with van der Waals surface area (Å²) in [5.41, 5.74) is 2.91. The predicted molar refractivity (Wildman–Crippen MR) is 72.8 cm³/mol. The second kappa shape index (κ2) is 5.88. The SMILES string of the molecule is O=C(NCc1cncc(-c2ccoc2)c1)[C@H]1CCCO1. The second-order valence-electron chi connectivity index (χ2n) is 4.81. The minimum Gasteiger partial charge on any atom is -0.472 e. The Morgan fingerprint density at radius 2 is 2.35 bits per heavy atom. The van der Waals surface area contributed by atoms with Crippen molar-refractivity contribution in [3.63, 3.8) is 0 Å². The molecule has 2 aromatic heterocycles. The van der Waals surface area contributed by atoms with Crippen molar-refractivity contribution >= 4 is 5.91 Å². The average Bonchev–Trinajstić information content (AvgIpc) is 3.17. The van der Waals surface area contributed by atoms with E-state index in [9.17, 15) is 4.79 Å². The van der Waals surface area contributed by atoms with Gasteiger partial charge in [-0.2, -0.15) is 0 Å². The zero-order valence-corrected chi connectivity index (χ0v) is 11.0. The number of carbonyl (C=O) groups excluding carboxylic acids is 1. The molecule has 0 saturated carbocycles. The van der Waals surface area contributed by atoms with Crippen LogP contribution in [0.3, 0.4) is 0 Å². The van der Waals surface area contributed by atoms with Crippen LogP contribution in [0.15, 0.2) is 41.5 Å². The molecule has 1 fully saturated rings. The molecule has 0 unspecified atom stereocenters. The summed E-state index contributed by atoms with van der Waals surface area (Å²) in [7, 11) is 0. The zero-order valence-electron chi connectivity index (χ0n) is 11.0. The summed E-state index contributed by atoms with van der Waals surface area (Å²) in [4.78, 5) is 16.1. The van der Waals surface area contributed by atoms with E-state index in [0.29, 0.717) is 13.2 Å². The topological polar surface area (TPSA) is 64.4 Å². The van der Waals surface area contributed by atoms with Crippen LogP contribution in [0, 0.1) is 0 Å². The van der Waals surface area contributed by atoms with Crippen LogP contribution in [-0.2, 0) is 16.1 Å². The number of furan rings is 1. The number of hydrogen-bond acceptors (Lipinski definition) is 4. The average molecular weight is 272 g/mol. The number of hydrogen-bond donors (Lipinski definition) is 1. The van der Waals surface area contributed by atoms with Gasteiger partial charge in [0.25, 0.3) is 0 Å². The third-order valence-electron chi connectivity index (χ3n) is 3.34. The molecule has 2 aromatic rings. The molecule has 20 heavy (non-hydrogen) atoms. The Morgan fingerprint density at radius 3 is 3.10 bits per heavy atom. The molecule has 1 aliphatic rings. The maximum absolute atomic E-state index is 11.9. The maximum Gasteiger partial charge on any atom is 0.249 e. The van der Waals surface area contributed by atoms with Crippen LogP contribution < -0.4 is 5.32 Å². The van der Waals surface area contributed by atoms with Gasteiger partial charge in [0, 0.05) is 36.7 Å². The van der Waals surface area contributed by atoms with Crippen molar-refractivity contribution in [2.75, 3.05) is 6.61 Å². The van der Waals surface area contributed by atoms with E-state index in [4.69, 9.17) is 9.15 Å². The van der Waals surface area contributed by atoms with E-state index in [1.165, 1.54) is 0 Å². The number of aromatic nitrogens is 1. The van der Waals surface area contributed by atoms with Crippen LogP contribution in [0.5, 0.6) is 0 Å². The van der Waals surface area contributed by atoms with Crippen LogP contribution in [0.2, 0.25) is 0 Å².